The third kappa shape index (κ3) is 2.32. The maximum Gasteiger partial charge on any atom is 0.327 e. The number of β-amino-alcohol motifs (C(OH)–C–C–N with tert-alkyl or cyclic N) is 1. The van der Waals surface area contributed by atoms with Crippen LogP contribution < -0.4 is 4.90 Å². The van der Waals surface area contributed by atoms with Crippen LogP contribution in [0.4, 0.5) is 10.6 Å². The molecule has 1 aromatic rings. The maximum atomic E-state index is 12.1. The number of nitrogens with zero attached hydrogens (tertiary/aromatic N) is 4. The minimum Gasteiger partial charge on any atom is -0.371 e. The number of hydrogen-bond acceptors (Lipinski definition) is 4. The van der Waals surface area contributed by atoms with E-state index in [1.807, 2.05) is 26.8 Å². The van der Waals surface area contributed by atoms with E-state index >= 15 is 0 Å². The van der Waals surface area contributed by atoms with Crippen LogP contribution in [0.2, 0.25) is 0 Å². The van der Waals surface area contributed by atoms with Crippen LogP contribution in [0.1, 0.15) is 32.0 Å². The van der Waals surface area contributed by atoms with E-state index in [9.17, 15) is 15.2 Å². The highest BCUT2D eigenvalue weighted by molar-refractivity contribution is 5.94. The maximum absolute atomic E-state index is 12.1. The van der Waals surface area contributed by atoms with Gasteiger partial charge in [0.25, 0.3) is 0 Å². The van der Waals surface area contributed by atoms with E-state index in [0.717, 1.165) is 5.69 Å². The summed E-state index contributed by atoms with van der Waals surface area (Å²) in [7, 11) is 1.60. The number of amides is 2. The van der Waals surface area contributed by atoms with Gasteiger partial charge in [-0.3, -0.25) is 0 Å². The second kappa shape index (κ2) is 4.76. The molecular weight excluding hydrogens is 256 g/mol. The molecule has 2 amide bonds. The number of anilines is 1. The standard InChI is InChI=1S/C14H18N4O2/c1-14(2,3)10-6-5-9(7-15)12(16-10)18-11(19)8-17(4)13(18)20/h5-6,11,19H,8H2,1-4H3. The molecule has 106 valence electrons. The molecule has 0 aromatic carbocycles. The van der Waals surface area contributed by atoms with Gasteiger partial charge in [-0.25, -0.2) is 14.7 Å². The first-order chi connectivity index (χ1) is 9.25. The third-order valence-electron chi connectivity index (χ3n) is 3.26. The number of aliphatic hydroxyl groups is 1. The van der Waals surface area contributed by atoms with Crippen LogP contribution in [-0.2, 0) is 5.41 Å². The monoisotopic (exact) mass is 274 g/mol. The molecule has 0 spiro atoms. The molecule has 0 aliphatic carbocycles. The van der Waals surface area contributed by atoms with Gasteiger partial charge in [0.05, 0.1) is 12.1 Å². The summed E-state index contributed by atoms with van der Waals surface area (Å²) in [5.74, 6) is 0.224. The van der Waals surface area contributed by atoms with Crippen molar-refractivity contribution in [3.05, 3.63) is 23.4 Å². The lowest BCUT2D eigenvalue weighted by molar-refractivity contribution is 0.183. The van der Waals surface area contributed by atoms with Crippen LogP contribution in [0.5, 0.6) is 0 Å². The zero-order valence-electron chi connectivity index (χ0n) is 12.1. The Hall–Kier alpha value is -2.13. The fourth-order valence-electron chi connectivity index (χ4n) is 2.08. The predicted molar refractivity (Wildman–Crippen MR) is 74.2 cm³/mol. The molecule has 0 saturated carbocycles. The Labute approximate surface area is 118 Å². The molecule has 6 heteroatoms. The molecule has 2 heterocycles. The summed E-state index contributed by atoms with van der Waals surface area (Å²) < 4.78 is 0. The number of pyridine rings is 1. The van der Waals surface area contributed by atoms with Crippen molar-refractivity contribution < 1.29 is 9.90 Å². The number of urea groups is 1. The molecule has 1 aliphatic rings. The van der Waals surface area contributed by atoms with Crippen molar-refractivity contribution >= 4 is 11.8 Å². The molecular formula is C14H18N4O2. The van der Waals surface area contributed by atoms with Gasteiger partial charge in [0.1, 0.15) is 6.07 Å². The van der Waals surface area contributed by atoms with Crippen molar-refractivity contribution in [1.29, 1.82) is 5.26 Å². The van der Waals surface area contributed by atoms with Crippen molar-refractivity contribution in [3.63, 3.8) is 0 Å². The molecule has 1 aliphatic heterocycles. The van der Waals surface area contributed by atoms with E-state index in [1.165, 1.54) is 9.80 Å². The summed E-state index contributed by atoms with van der Waals surface area (Å²) in [6, 6.07) is 5.08. The lowest BCUT2D eigenvalue weighted by Gasteiger charge is -2.23. The number of nitriles is 1. The molecule has 1 aromatic heterocycles. The van der Waals surface area contributed by atoms with E-state index in [4.69, 9.17) is 0 Å². The molecule has 1 unspecified atom stereocenters. The predicted octanol–water partition coefficient (Wildman–Crippen LogP) is 1.44. The van der Waals surface area contributed by atoms with Crippen molar-refractivity contribution in [2.75, 3.05) is 18.5 Å². The average Bonchev–Trinajstić information content (AvgIpc) is 2.61. The first-order valence-corrected chi connectivity index (χ1v) is 6.39. The Kier molecular flexibility index (Phi) is 3.40. The van der Waals surface area contributed by atoms with Gasteiger partial charge < -0.3 is 10.0 Å². The molecule has 20 heavy (non-hydrogen) atoms. The Bertz CT molecular complexity index is 586. The summed E-state index contributed by atoms with van der Waals surface area (Å²) >= 11 is 0. The lowest BCUT2D eigenvalue weighted by atomic mass is 9.91. The third-order valence-corrected chi connectivity index (χ3v) is 3.26. The SMILES string of the molecule is CN1CC(O)N(c2nc(C(C)(C)C)ccc2C#N)C1=O. The zero-order chi connectivity index (χ0) is 15.1. The Balaban J connectivity index is 2.55. The minimum atomic E-state index is -0.984. The van der Waals surface area contributed by atoms with E-state index in [-0.39, 0.29) is 29.4 Å². The van der Waals surface area contributed by atoms with Gasteiger partial charge in [-0.15, -0.1) is 0 Å². The van der Waals surface area contributed by atoms with E-state index in [1.54, 1.807) is 19.2 Å². The van der Waals surface area contributed by atoms with Gasteiger partial charge in [-0.05, 0) is 12.1 Å². The number of likely N-dealkylation sites (N-methyl/N-ethyl adjacent to an activating group) is 1. The largest absolute Gasteiger partial charge is 0.371 e. The van der Waals surface area contributed by atoms with Crippen molar-refractivity contribution in [3.8, 4) is 6.07 Å². The van der Waals surface area contributed by atoms with Crippen molar-refractivity contribution in [2.24, 2.45) is 0 Å². The van der Waals surface area contributed by atoms with Crippen LogP contribution in [0.3, 0.4) is 0 Å². The first kappa shape index (κ1) is 14.3. The summed E-state index contributed by atoms with van der Waals surface area (Å²) in [6.45, 7) is 6.20. The second-order valence-electron chi connectivity index (χ2n) is 5.94. The smallest absolute Gasteiger partial charge is 0.327 e. The molecule has 1 saturated heterocycles. The topological polar surface area (TPSA) is 80.5 Å². The van der Waals surface area contributed by atoms with Gasteiger partial charge >= 0.3 is 6.03 Å². The van der Waals surface area contributed by atoms with Crippen LogP contribution in [-0.4, -0.2) is 40.8 Å². The minimum absolute atomic E-state index is 0.200. The fraction of sp³-hybridized carbons (Fsp3) is 0.500. The summed E-state index contributed by atoms with van der Waals surface area (Å²) in [4.78, 5) is 19.1. The fourth-order valence-corrected chi connectivity index (χ4v) is 2.08. The number of carbonyl (C=O) groups excluding carboxylic acids is 1. The Morgan fingerprint density at radius 3 is 2.55 bits per heavy atom. The lowest BCUT2D eigenvalue weighted by Crippen LogP contribution is -2.36. The number of aromatic nitrogens is 1. The summed E-state index contributed by atoms with van der Waals surface area (Å²) in [5, 5.41) is 19.2. The molecule has 6 nitrogen and oxygen atoms in total. The van der Waals surface area contributed by atoms with Crippen LogP contribution >= 0.6 is 0 Å². The highest BCUT2D eigenvalue weighted by Gasteiger charge is 2.37. The second-order valence-corrected chi connectivity index (χ2v) is 5.94. The van der Waals surface area contributed by atoms with Crippen LogP contribution in [0.25, 0.3) is 0 Å². The summed E-state index contributed by atoms with van der Waals surface area (Å²) in [6.07, 6.45) is -0.984. The van der Waals surface area contributed by atoms with Crippen molar-refractivity contribution in [1.82, 2.24) is 9.88 Å². The molecule has 0 bridgehead atoms. The van der Waals surface area contributed by atoms with Gasteiger partial charge in [-0.2, -0.15) is 5.26 Å². The van der Waals surface area contributed by atoms with Crippen molar-refractivity contribution in [2.45, 2.75) is 32.4 Å². The van der Waals surface area contributed by atoms with Gasteiger partial charge in [0.2, 0.25) is 0 Å². The van der Waals surface area contributed by atoms with E-state index in [0.29, 0.717) is 0 Å². The van der Waals surface area contributed by atoms with E-state index < -0.39 is 6.23 Å². The average molecular weight is 274 g/mol. The molecule has 1 fully saturated rings. The number of aliphatic hydroxyl groups excluding tert-OH is 1. The molecule has 1 N–H and O–H groups in total. The highest BCUT2D eigenvalue weighted by Crippen LogP contribution is 2.28. The number of carbonyl (C=O) groups is 1. The zero-order valence-corrected chi connectivity index (χ0v) is 12.1. The Morgan fingerprint density at radius 2 is 2.10 bits per heavy atom. The number of hydrogen-bond donors (Lipinski definition) is 1. The molecule has 1 atom stereocenters. The number of rotatable bonds is 1. The van der Waals surface area contributed by atoms with Gasteiger partial charge in [0, 0.05) is 18.2 Å². The quantitative estimate of drug-likeness (QED) is 0.840. The molecule has 0 radical (unpaired) electrons. The molecule has 2 rings (SSSR count). The summed E-state index contributed by atoms with van der Waals surface area (Å²) in [5.41, 5.74) is 0.837. The van der Waals surface area contributed by atoms with Crippen LogP contribution in [0, 0.1) is 11.3 Å². The van der Waals surface area contributed by atoms with Gasteiger partial charge in [-0.1, -0.05) is 20.8 Å². The normalized spacial score (nSPS) is 19.4. The van der Waals surface area contributed by atoms with E-state index in [2.05, 4.69) is 4.98 Å². The van der Waals surface area contributed by atoms with Crippen LogP contribution in [0.15, 0.2) is 12.1 Å². The van der Waals surface area contributed by atoms with Gasteiger partial charge in [0.15, 0.2) is 12.0 Å². The Morgan fingerprint density at radius 1 is 1.45 bits per heavy atom. The highest BCUT2D eigenvalue weighted by atomic mass is 16.3. The first-order valence-electron chi connectivity index (χ1n) is 6.39.